The summed E-state index contributed by atoms with van der Waals surface area (Å²) in [5.74, 6) is 1.56. The predicted octanol–water partition coefficient (Wildman–Crippen LogP) is 1.71. The van der Waals surface area contributed by atoms with Crippen LogP contribution in [0.1, 0.15) is 13.3 Å². The molecule has 0 aliphatic carbocycles. The molecule has 1 N–H and O–H groups in total. The normalized spacial score (nSPS) is 14.2. The third kappa shape index (κ3) is 5.81. The number of benzene rings is 1. The van der Waals surface area contributed by atoms with Gasteiger partial charge in [0, 0.05) is 26.2 Å². The second-order valence-electron chi connectivity index (χ2n) is 4.74. The Labute approximate surface area is 132 Å². The molecular formula is C15H23ClN2O3. The molecule has 1 amide bonds. The van der Waals surface area contributed by atoms with Crippen LogP contribution >= 0.6 is 12.4 Å². The maximum absolute atomic E-state index is 11.9. The van der Waals surface area contributed by atoms with Crippen molar-refractivity contribution in [1.82, 2.24) is 10.2 Å². The van der Waals surface area contributed by atoms with E-state index < -0.39 is 0 Å². The lowest BCUT2D eigenvalue weighted by molar-refractivity contribution is -0.133. The molecule has 1 saturated heterocycles. The van der Waals surface area contributed by atoms with E-state index in [1.54, 1.807) is 0 Å². The fourth-order valence-electron chi connectivity index (χ4n) is 2.00. The second kappa shape index (κ2) is 9.47. The fraction of sp³-hybridized carbons (Fsp3) is 0.533. The number of hydrogen-bond acceptors (Lipinski definition) is 4. The van der Waals surface area contributed by atoms with E-state index in [1.165, 1.54) is 0 Å². The summed E-state index contributed by atoms with van der Waals surface area (Å²) in [6.07, 6.45) is 0.984. The molecule has 0 unspecified atom stereocenters. The lowest BCUT2D eigenvalue weighted by Crippen LogP contribution is -2.47. The van der Waals surface area contributed by atoms with Crippen LogP contribution in [0.25, 0.3) is 0 Å². The lowest BCUT2D eigenvalue weighted by Gasteiger charge is -2.27. The van der Waals surface area contributed by atoms with Crippen LogP contribution in [0, 0.1) is 0 Å². The first-order chi connectivity index (χ1) is 9.79. The first-order valence-corrected chi connectivity index (χ1v) is 7.13. The molecule has 0 saturated carbocycles. The van der Waals surface area contributed by atoms with E-state index in [0.717, 1.165) is 38.3 Å². The SMILES string of the molecule is CCCOc1ccc(OCC(=O)N2CCNCC2)cc1.Cl. The molecule has 0 spiro atoms. The summed E-state index contributed by atoms with van der Waals surface area (Å²) in [5.41, 5.74) is 0. The molecule has 1 aliphatic rings. The third-order valence-electron chi connectivity index (χ3n) is 3.13. The molecule has 1 aromatic rings. The van der Waals surface area contributed by atoms with Crippen LogP contribution in [0.3, 0.4) is 0 Å². The molecule has 1 fully saturated rings. The van der Waals surface area contributed by atoms with Crippen molar-refractivity contribution in [2.75, 3.05) is 39.4 Å². The second-order valence-corrected chi connectivity index (χ2v) is 4.74. The van der Waals surface area contributed by atoms with Crippen molar-refractivity contribution in [3.05, 3.63) is 24.3 Å². The van der Waals surface area contributed by atoms with E-state index in [1.807, 2.05) is 29.2 Å². The zero-order chi connectivity index (χ0) is 14.2. The van der Waals surface area contributed by atoms with Crippen molar-refractivity contribution >= 4 is 18.3 Å². The van der Waals surface area contributed by atoms with Crippen LogP contribution in [0.4, 0.5) is 0 Å². The van der Waals surface area contributed by atoms with Gasteiger partial charge in [-0.15, -0.1) is 12.4 Å². The number of hydrogen-bond donors (Lipinski definition) is 1. The average molecular weight is 315 g/mol. The van der Waals surface area contributed by atoms with Crippen molar-refractivity contribution in [3.63, 3.8) is 0 Å². The number of nitrogens with zero attached hydrogens (tertiary/aromatic N) is 1. The van der Waals surface area contributed by atoms with Crippen LogP contribution in [0.15, 0.2) is 24.3 Å². The van der Waals surface area contributed by atoms with Gasteiger partial charge in [0.25, 0.3) is 5.91 Å². The summed E-state index contributed by atoms with van der Waals surface area (Å²) in [6.45, 7) is 6.10. The van der Waals surface area contributed by atoms with Gasteiger partial charge in [-0.3, -0.25) is 4.79 Å². The number of piperazine rings is 1. The molecule has 5 nitrogen and oxygen atoms in total. The molecule has 1 heterocycles. The number of amides is 1. The minimum atomic E-state index is 0. The van der Waals surface area contributed by atoms with E-state index in [-0.39, 0.29) is 24.9 Å². The van der Waals surface area contributed by atoms with E-state index in [4.69, 9.17) is 9.47 Å². The van der Waals surface area contributed by atoms with Crippen molar-refractivity contribution in [2.45, 2.75) is 13.3 Å². The van der Waals surface area contributed by atoms with Crippen molar-refractivity contribution in [2.24, 2.45) is 0 Å². The molecule has 0 aromatic heterocycles. The van der Waals surface area contributed by atoms with Gasteiger partial charge < -0.3 is 19.7 Å². The van der Waals surface area contributed by atoms with Crippen molar-refractivity contribution < 1.29 is 14.3 Å². The van der Waals surface area contributed by atoms with Crippen LogP contribution in [0.5, 0.6) is 11.5 Å². The van der Waals surface area contributed by atoms with Crippen LogP contribution < -0.4 is 14.8 Å². The van der Waals surface area contributed by atoms with E-state index in [0.29, 0.717) is 12.4 Å². The summed E-state index contributed by atoms with van der Waals surface area (Å²) in [6, 6.07) is 7.38. The largest absolute Gasteiger partial charge is 0.494 e. The highest BCUT2D eigenvalue weighted by atomic mass is 35.5. The van der Waals surface area contributed by atoms with E-state index in [9.17, 15) is 4.79 Å². The maximum atomic E-state index is 11.9. The molecule has 1 aromatic carbocycles. The molecule has 0 radical (unpaired) electrons. The zero-order valence-corrected chi connectivity index (χ0v) is 13.2. The average Bonchev–Trinajstić information content (AvgIpc) is 2.52. The van der Waals surface area contributed by atoms with Gasteiger partial charge in [0.05, 0.1) is 6.61 Å². The Hall–Kier alpha value is -1.46. The number of halogens is 1. The highest BCUT2D eigenvalue weighted by Gasteiger charge is 2.16. The summed E-state index contributed by atoms with van der Waals surface area (Å²) < 4.78 is 11.0. The summed E-state index contributed by atoms with van der Waals surface area (Å²) in [5, 5.41) is 3.22. The van der Waals surface area contributed by atoms with Crippen LogP contribution in [0.2, 0.25) is 0 Å². The Morgan fingerprint density at radius 1 is 1.14 bits per heavy atom. The topological polar surface area (TPSA) is 50.8 Å². The minimum Gasteiger partial charge on any atom is -0.494 e. The standard InChI is InChI=1S/C15H22N2O3.ClH/c1-2-11-19-13-3-5-14(6-4-13)20-12-15(18)17-9-7-16-8-10-17;/h3-6,16H,2,7-12H2,1H3;1H. The number of ether oxygens (including phenoxy) is 2. The Morgan fingerprint density at radius 2 is 1.71 bits per heavy atom. The van der Waals surface area contributed by atoms with Crippen molar-refractivity contribution in [3.8, 4) is 11.5 Å². The van der Waals surface area contributed by atoms with Gasteiger partial charge in [-0.05, 0) is 30.7 Å². The quantitative estimate of drug-likeness (QED) is 0.868. The van der Waals surface area contributed by atoms with Gasteiger partial charge in [0.15, 0.2) is 6.61 Å². The summed E-state index contributed by atoms with van der Waals surface area (Å²) in [4.78, 5) is 13.8. The van der Waals surface area contributed by atoms with Crippen LogP contribution in [-0.2, 0) is 4.79 Å². The van der Waals surface area contributed by atoms with Gasteiger partial charge in [0.2, 0.25) is 0 Å². The summed E-state index contributed by atoms with van der Waals surface area (Å²) in [7, 11) is 0. The number of nitrogens with one attached hydrogen (secondary N) is 1. The highest BCUT2D eigenvalue weighted by Crippen LogP contribution is 2.17. The van der Waals surface area contributed by atoms with Crippen LogP contribution in [-0.4, -0.2) is 50.2 Å². The Kier molecular flexibility index (Phi) is 7.93. The predicted molar refractivity (Wildman–Crippen MR) is 84.4 cm³/mol. The summed E-state index contributed by atoms with van der Waals surface area (Å²) >= 11 is 0. The molecular weight excluding hydrogens is 292 g/mol. The van der Waals surface area contributed by atoms with E-state index >= 15 is 0 Å². The number of carbonyl (C=O) groups is 1. The Morgan fingerprint density at radius 3 is 2.29 bits per heavy atom. The zero-order valence-electron chi connectivity index (χ0n) is 12.3. The van der Waals surface area contributed by atoms with Crippen molar-refractivity contribution in [1.29, 1.82) is 0 Å². The first-order valence-electron chi connectivity index (χ1n) is 7.13. The Bertz CT molecular complexity index is 419. The molecule has 0 bridgehead atoms. The minimum absolute atomic E-state index is 0. The third-order valence-corrected chi connectivity index (χ3v) is 3.13. The van der Waals surface area contributed by atoms with Gasteiger partial charge in [-0.25, -0.2) is 0 Å². The molecule has 0 atom stereocenters. The number of carbonyl (C=O) groups excluding carboxylic acids is 1. The maximum Gasteiger partial charge on any atom is 0.260 e. The molecule has 118 valence electrons. The van der Waals surface area contributed by atoms with Gasteiger partial charge in [-0.2, -0.15) is 0 Å². The smallest absolute Gasteiger partial charge is 0.260 e. The monoisotopic (exact) mass is 314 g/mol. The molecule has 2 rings (SSSR count). The van der Waals surface area contributed by atoms with E-state index in [2.05, 4.69) is 12.2 Å². The molecule has 21 heavy (non-hydrogen) atoms. The lowest BCUT2D eigenvalue weighted by atomic mass is 10.3. The fourth-order valence-corrected chi connectivity index (χ4v) is 2.00. The Balaban J connectivity index is 0.00000220. The molecule has 6 heteroatoms. The number of rotatable bonds is 6. The van der Waals surface area contributed by atoms with Gasteiger partial charge >= 0.3 is 0 Å². The highest BCUT2D eigenvalue weighted by molar-refractivity contribution is 5.85. The van der Waals surface area contributed by atoms with Gasteiger partial charge in [0.1, 0.15) is 11.5 Å². The first kappa shape index (κ1) is 17.6. The van der Waals surface area contributed by atoms with Gasteiger partial charge in [-0.1, -0.05) is 6.92 Å². The molecule has 1 aliphatic heterocycles.